The van der Waals surface area contributed by atoms with Crippen molar-refractivity contribution in [3.8, 4) is 0 Å². The van der Waals surface area contributed by atoms with E-state index in [2.05, 4.69) is 4.72 Å². The van der Waals surface area contributed by atoms with Crippen molar-refractivity contribution in [1.82, 2.24) is 4.72 Å². The van der Waals surface area contributed by atoms with Gasteiger partial charge in [0.2, 0.25) is 10.0 Å². The first-order chi connectivity index (χ1) is 8.57. The first-order valence-electron chi connectivity index (χ1n) is 7.21. The van der Waals surface area contributed by atoms with Gasteiger partial charge in [0.1, 0.15) is 0 Å². The Morgan fingerprint density at radius 2 is 1.72 bits per heavy atom. The van der Waals surface area contributed by atoms with Crippen molar-refractivity contribution < 1.29 is 8.42 Å². The van der Waals surface area contributed by atoms with Crippen molar-refractivity contribution in [2.45, 2.75) is 69.2 Å². The zero-order valence-electron chi connectivity index (χ0n) is 10.9. The van der Waals surface area contributed by atoms with Crippen LogP contribution in [0, 0.1) is 5.92 Å². The van der Waals surface area contributed by atoms with Gasteiger partial charge in [0.15, 0.2) is 0 Å². The van der Waals surface area contributed by atoms with Crippen LogP contribution in [0.1, 0.15) is 57.8 Å². The van der Waals surface area contributed by atoms with E-state index in [1.54, 1.807) is 0 Å². The van der Waals surface area contributed by atoms with Gasteiger partial charge in [-0.3, -0.25) is 0 Å². The van der Waals surface area contributed by atoms with E-state index in [1.165, 1.54) is 25.7 Å². The summed E-state index contributed by atoms with van der Waals surface area (Å²) in [6, 6.07) is -0.0550. The molecule has 0 bridgehead atoms. The first kappa shape index (κ1) is 14.6. The van der Waals surface area contributed by atoms with E-state index in [0.717, 1.165) is 32.1 Å². The molecule has 0 aromatic rings. The summed E-state index contributed by atoms with van der Waals surface area (Å²) >= 11 is 6.27. The molecule has 0 saturated heterocycles. The SMILES string of the molecule is O=S(=O)(CCC1CCC1)NC1CCCCCC1Cl. The van der Waals surface area contributed by atoms with Crippen molar-refractivity contribution in [2.75, 3.05) is 5.75 Å². The summed E-state index contributed by atoms with van der Waals surface area (Å²) in [6.45, 7) is 0. The predicted molar refractivity (Wildman–Crippen MR) is 75.4 cm³/mol. The first-order valence-corrected chi connectivity index (χ1v) is 9.30. The number of alkyl halides is 1. The van der Waals surface area contributed by atoms with Gasteiger partial charge >= 0.3 is 0 Å². The molecule has 0 aliphatic heterocycles. The minimum atomic E-state index is -3.14. The van der Waals surface area contributed by atoms with Crippen molar-refractivity contribution >= 4 is 21.6 Å². The van der Waals surface area contributed by atoms with E-state index >= 15 is 0 Å². The summed E-state index contributed by atoms with van der Waals surface area (Å²) in [6.07, 6.45) is 9.68. The summed E-state index contributed by atoms with van der Waals surface area (Å²) in [4.78, 5) is 0. The average Bonchev–Trinajstić information content (AvgIpc) is 2.41. The maximum atomic E-state index is 12.0. The standard InChI is InChI=1S/C13H24ClNO2S/c14-12-7-2-1-3-8-13(12)15-18(16,17)10-9-11-5-4-6-11/h11-13,15H,1-10H2. The Balaban J connectivity index is 1.81. The summed E-state index contributed by atoms with van der Waals surface area (Å²) in [5.74, 6) is 0.917. The van der Waals surface area contributed by atoms with Gasteiger partial charge < -0.3 is 0 Å². The summed E-state index contributed by atoms with van der Waals surface area (Å²) in [5, 5.41) is -0.0361. The number of halogens is 1. The highest BCUT2D eigenvalue weighted by molar-refractivity contribution is 7.89. The third-order valence-corrected chi connectivity index (χ3v) is 6.24. The predicted octanol–water partition coefficient (Wildman–Crippen LogP) is 3.04. The van der Waals surface area contributed by atoms with E-state index in [9.17, 15) is 8.42 Å². The van der Waals surface area contributed by atoms with Crippen LogP contribution in [0.4, 0.5) is 0 Å². The summed E-state index contributed by atoms with van der Waals surface area (Å²) in [7, 11) is -3.14. The van der Waals surface area contributed by atoms with Crippen LogP contribution in [-0.4, -0.2) is 25.6 Å². The molecule has 2 aliphatic rings. The van der Waals surface area contributed by atoms with Crippen LogP contribution in [0.15, 0.2) is 0 Å². The maximum absolute atomic E-state index is 12.0. The number of rotatable bonds is 5. The molecule has 2 aliphatic carbocycles. The molecule has 2 fully saturated rings. The Labute approximate surface area is 116 Å². The smallest absolute Gasteiger partial charge is 0.211 e. The summed E-state index contributed by atoms with van der Waals surface area (Å²) < 4.78 is 26.9. The molecule has 1 N–H and O–H groups in total. The molecule has 5 heteroatoms. The molecule has 0 heterocycles. The molecule has 18 heavy (non-hydrogen) atoms. The van der Waals surface area contributed by atoms with Crippen molar-refractivity contribution in [1.29, 1.82) is 0 Å². The monoisotopic (exact) mass is 293 g/mol. The highest BCUT2D eigenvalue weighted by atomic mass is 35.5. The second-order valence-corrected chi connectivity index (χ2v) is 8.22. The number of hydrogen-bond donors (Lipinski definition) is 1. The third kappa shape index (κ3) is 4.39. The minimum Gasteiger partial charge on any atom is -0.212 e. The van der Waals surface area contributed by atoms with Crippen LogP contribution in [0.5, 0.6) is 0 Å². The fraction of sp³-hybridized carbons (Fsp3) is 1.00. The Morgan fingerprint density at radius 3 is 2.39 bits per heavy atom. The van der Waals surface area contributed by atoms with E-state index in [0.29, 0.717) is 5.92 Å². The second kappa shape index (κ2) is 6.58. The molecule has 2 rings (SSSR count). The quantitative estimate of drug-likeness (QED) is 0.625. The lowest BCUT2D eigenvalue weighted by atomic mass is 9.84. The van der Waals surface area contributed by atoms with Gasteiger partial charge in [0.25, 0.3) is 0 Å². The van der Waals surface area contributed by atoms with Crippen LogP contribution in [-0.2, 0) is 10.0 Å². The van der Waals surface area contributed by atoms with Gasteiger partial charge in [0.05, 0.1) is 5.75 Å². The highest BCUT2D eigenvalue weighted by Gasteiger charge is 2.27. The summed E-state index contributed by atoms with van der Waals surface area (Å²) in [5.41, 5.74) is 0. The minimum absolute atomic E-state index is 0.0361. The molecule has 106 valence electrons. The Kier molecular flexibility index (Phi) is 5.34. The molecule has 0 spiro atoms. The lowest BCUT2D eigenvalue weighted by Gasteiger charge is -2.26. The van der Waals surface area contributed by atoms with Crippen molar-refractivity contribution in [3.63, 3.8) is 0 Å². The molecule has 0 amide bonds. The van der Waals surface area contributed by atoms with Gasteiger partial charge in [-0.2, -0.15) is 0 Å². The fourth-order valence-electron chi connectivity index (χ4n) is 2.79. The average molecular weight is 294 g/mol. The van der Waals surface area contributed by atoms with E-state index in [-0.39, 0.29) is 17.2 Å². The Hall–Kier alpha value is 0.200. The zero-order valence-corrected chi connectivity index (χ0v) is 12.5. The largest absolute Gasteiger partial charge is 0.212 e. The van der Waals surface area contributed by atoms with Gasteiger partial charge in [0, 0.05) is 11.4 Å². The lowest BCUT2D eigenvalue weighted by Crippen LogP contribution is -2.41. The fourth-order valence-corrected chi connectivity index (χ4v) is 4.71. The number of sulfonamides is 1. The van der Waals surface area contributed by atoms with Gasteiger partial charge in [-0.25, -0.2) is 13.1 Å². The van der Waals surface area contributed by atoms with Crippen LogP contribution < -0.4 is 4.72 Å². The zero-order chi connectivity index (χ0) is 13.0. The van der Waals surface area contributed by atoms with Crippen LogP contribution >= 0.6 is 11.6 Å². The molecule has 0 aromatic carbocycles. The van der Waals surface area contributed by atoms with E-state index < -0.39 is 10.0 Å². The second-order valence-electron chi connectivity index (χ2n) is 5.78. The third-order valence-electron chi connectivity index (χ3n) is 4.28. The number of hydrogen-bond acceptors (Lipinski definition) is 2. The molecule has 2 saturated carbocycles. The highest BCUT2D eigenvalue weighted by Crippen LogP contribution is 2.29. The molecule has 0 radical (unpaired) electrons. The molecule has 3 nitrogen and oxygen atoms in total. The van der Waals surface area contributed by atoms with Crippen molar-refractivity contribution in [3.05, 3.63) is 0 Å². The topological polar surface area (TPSA) is 46.2 Å². The van der Waals surface area contributed by atoms with Crippen molar-refractivity contribution in [2.24, 2.45) is 5.92 Å². The molecular weight excluding hydrogens is 270 g/mol. The van der Waals surface area contributed by atoms with Crippen LogP contribution in [0.25, 0.3) is 0 Å². The molecule has 2 unspecified atom stereocenters. The molecule has 0 aromatic heterocycles. The molecular formula is C13H24ClNO2S. The van der Waals surface area contributed by atoms with Gasteiger partial charge in [-0.05, 0) is 25.2 Å². The Bertz CT molecular complexity index is 354. The van der Waals surface area contributed by atoms with Crippen LogP contribution in [0.3, 0.4) is 0 Å². The van der Waals surface area contributed by atoms with E-state index in [4.69, 9.17) is 11.6 Å². The number of nitrogens with one attached hydrogen (secondary N) is 1. The van der Waals surface area contributed by atoms with Gasteiger partial charge in [-0.1, -0.05) is 38.5 Å². The van der Waals surface area contributed by atoms with Gasteiger partial charge in [-0.15, -0.1) is 11.6 Å². The normalized spacial score (nSPS) is 30.7. The Morgan fingerprint density at radius 1 is 1.00 bits per heavy atom. The van der Waals surface area contributed by atoms with Crippen LogP contribution in [0.2, 0.25) is 0 Å². The van der Waals surface area contributed by atoms with E-state index in [1.807, 2.05) is 0 Å². The lowest BCUT2D eigenvalue weighted by molar-refractivity contribution is 0.307. The maximum Gasteiger partial charge on any atom is 0.211 e. The molecule has 2 atom stereocenters.